The number of aliphatic hydroxyl groups is 2. The van der Waals surface area contributed by atoms with Gasteiger partial charge in [-0.3, -0.25) is 9.59 Å². The number of ketones is 2. The number of carbonyl (C=O) groups excluding carboxylic acids is 2. The molecule has 9 heteroatoms. The van der Waals surface area contributed by atoms with Gasteiger partial charge < -0.3 is 35.3 Å². The van der Waals surface area contributed by atoms with Crippen LogP contribution in [0.1, 0.15) is 46.5 Å². The number of aliphatic hydroxyl groups excluding tert-OH is 2. The van der Waals surface area contributed by atoms with E-state index >= 15 is 0 Å². The van der Waals surface area contributed by atoms with Crippen molar-refractivity contribution < 1.29 is 39.1 Å². The van der Waals surface area contributed by atoms with E-state index in [0.29, 0.717) is 21.8 Å². The van der Waals surface area contributed by atoms with Crippen LogP contribution in [0.2, 0.25) is 0 Å². The summed E-state index contributed by atoms with van der Waals surface area (Å²) in [6.45, 7) is 5.15. The molecule has 5 N–H and O–H groups in total. The van der Waals surface area contributed by atoms with Gasteiger partial charge >= 0.3 is 0 Å². The van der Waals surface area contributed by atoms with E-state index in [-0.39, 0.29) is 29.1 Å². The smallest absolute Gasteiger partial charge is 0.202 e. The van der Waals surface area contributed by atoms with Gasteiger partial charge in [0.05, 0.1) is 36.7 Å². The number of methoxy groups -OCH3 is 1. The third-order valence-electron chi connectivity index (χ3n) is 7.39. The van der Waals surface area contributed by atoms with E-state index in [0.717, 1.165) is 0 Å². The Balaban J connectivity index is 1.55. The quantitative estimate of drug-likeness (QED) is 0.491. The Bertz CT molecular complexity index is 1410. The van der Waals surface area contributed by atoms with Gasteiger partial charge in [-0.1, -0.05) is 6.08 Å². The fourth-order valence-corrected chi connectivity index (χ4v) is 5.57. The minimum Gasteiger partial charge on any atom is -0.511 e. The lowest BCUT2D eigenvalue weighted by atomic mass is 9.70. The molecule has 0 spiro atoms. The van der Waals surface area contributed by atoms with Crippen LogP contribution in [0.5, 0.6) is 17.2 Å². The van der Waals surface area contributed by atoms with Gasteiger partial charge in [0.25, 0.3) is 0 Å². The summed E-state index contributed by atoms with van der Waals surface area (Å²) in [6.07, 6.45) is -0.483. The molecule has 3 aliphatic rings. The van der Waals surface area contributed by atoms with Crippen LogP contribution in [0.25, 0.3) is 11.8 Å². The number of rotatable bonds is 3. The molecule has 36 heavy (non-hydrogen) atoms. The van der Waals surface area contributed by atoms with Crippen molar-refractivity contribution in [3.63, 3.8) is 0 Å². The highest BCUT2D eigenvalue weighted by Crippen LogP contribution is 2.42. The lowest BCUT2D eigenvalue weighted by Crippen LogP contribution is -2.60. The summed E-state index contributed by atoms with van der Waals surface area (Å²) >= 11 is 0. The predicted molar refractivity (Wildman–Crippen MR) is 129 cm³/mol. The van der Waals surface area contributed by atoms with Crippen LogP contribution in [0.4, 0.5) is 0 Å². The van der Waals surface area contributed by atoms with Crippen molar-refractivity contribution in [3.05, 3.63) is 51.4 Å². The Morgan fingerprint density at radius 3 is 2.50 bits per heavy atom. The summed E-state index contributed by atoms with van der Waals surface area (Å²) in [5, 5.41) is 33.2. The number of benzene rings is 2. The molecule has 2 aliphatic carbocycles. The largest absolute Gasteiger partial charge is 0.511 e. The lowest BCUT2D eigenvalue weighted by Gasteiger charge is -2.42. The fourth-order valence-electron chi connectivity index (χ4n) is 5.57. The van der Waals surface area contributed by atoms with Crippen LogP contribution in [0, 0.1) is 18.8 Å². The van der Waals surface area contributed by atoms with E-state index in [1.165, 1.54) is 19.2 Å². The third kappa shape index (κ3) is 3.66. The highest BCUT2D eigenvalue weighted by atomic mass is 16.7. The Morgan fingerprint density at radius 2 is 1.83 bits per heavy atom. The minimum absolute atomic E-state index is 0.00257. The Kier molecular flexibility index (Phi) is 5.62. The van der Waals surface area contributed by atoms with Crippen molar-refractivity contribution in [2.75, 3.05) is 7.11 Å². The summed E-state index contributed by atoms with van der Waals surface area (Å²) in [7, 11) is 1.52. The van der Waals surface area contributed by atoms with E-state index < -0.39 is 53.2 Å². The second-order valence-corrected chi connectivity index (χ2v) is 10.1. The van der Waals surface area contributed by atoms with E-state index in [1.807, 2.05) is 0 Å². The predicted octanol–water partition coefficient (Wildman–Crippen LogP) is 1.07. The molecule has 1 fully saturated rings. The summed E-state index contributed by atoms with van der Waals surface area (Å²) < 4.78 is 16.9. The van der Waals surface area contributed by atoms with Crippen LogP contribution >= 0.6 is 0 Å². The fraction of sp³-hybridized carbons (Fsp3) is 0.407. The number of nitrogens with two attached hydrogens (primary N) is 1. The molecule has 6 atom stereocenters. The van der Waals surface area contributed by atoms with Crippen molar-refractivity contribution in [1.82, 2.24) is 0 Å². The topological polar surface area (TPSA) is 149 Å². The average Bonchev–Trinajstić information content (AvgIpc) is 2.79. The van der Waals surface area contributed by atoms with Crippen LogP contribution in [-0.4, -0.2) is 58.0 Å². The molecular weight excluding hydrogens is 466 g/mol. The molecule has 1 heterocycles. The molecule has 0 aromatic heterocycles. The number of aromatic hydroxyl groups is 1. The molecule has 1 saturated heterocycles. The van der Waals surface area contributed by atoms with E-state index in [4.69, 9.17) is 19.9 Å². The first-order valence-electron chi connectivity index (χ1n) is 11.8. The van der Waals surface area contributed by atoms with Gasteiger partial charge in [-0.2, -0.15) is 0 Å². The third-order valence-corrected chi connectivity index (χ3v) is 7.39. The van der Waals surface area contributed by atoms with Crippen molar-refractivity contribution >= 4 is 23.4 Å². The zero-order chi connectivity index (χ0) is 26.1. The van der Waals surface area contributed by atoms with Crippen molar-refractivity contribution in [3.8, 4) is 17.2 Å². The molecular formula is C27H29NO8. The summed E-state index contributed by atoms with van der Waals surface area (Å²) in [5.74, 6) is -3.00. The number of fused-ring (bicyclic) bond motifs is 3. The number of carbonyl (C=O) groups is 2. The van der Waals surface area contributed by atoms with Gasteiger partial charge in [0.1, 0.15) is 23.0 Å². The second-order valence-electron chi connectivity index (χ2n) is 10.1. The normalized spacial score (nSPS) is 31.2. The van der Waals surface area contributed by atoms with Crippen molar-refractivity contribution in [2.24, 2.45) is 17.6 Å². The second kappa shape index (κ2) is 8.33. The number of ether oxygens (including phenoxy) is 3. The van der Waals surface area contributed by atoms with Gasteiger partial charge in [0.2, 0.25) is 6.29 Å². The summed E-state index contributed by atoms with van der Waals surface area (Å²) in [6, 6.07) is 6.09. The number of Topliss-reactive ketones (excluding diaryl/α,β-unsaturated/α-hetero) is 2. The van der Waals surface area contributed by atoms with Gasteiger partial charge in [-0.25, -0.2) is 0 Å². The monoisotopic (exact) mass is 495 g/mol. The van der Waals surface area contributed by atoms with Crippen molar-refractivity contribution in [2.45, 2.75) is 51.2 Å². The average molecular weight is 496 g/mol. The van der Waals surface area contributed by atoms with Crippen LogP contribution in [0.15, 0.2) is 24.3 Å². The molecule has 2 aromatic carbocycles. The minimum atomic E-state index is -1.13. The first kappa shape index (κ1) is 24.3. The number of aryl methyl sites for hydroxylation is 1. The van der Waals surface area contributed by atoms with E-state index in [1.54, 1.807) is 39.0 Å². The number of phenols is 1. The summed E-state index contributed by atoms with van der Waals surface area (Å²) in [5.41, 5.74) is 5.79. The summed E-state index contributed by atoms with van der Waals surface area (Å²) in [4.78, 5) is 27.1. The Morgan fingerprint density at radius 1 is 1.11 bits per heavy atom. The Labute approximate surface area is 207 Å². The molecule has 190 valence electrons. The first-order chi connectivity index (χ1) is 16.9. The highest BCUT2D eigenvalue weighted by Gasteiger charge is 2.46. The molecule has 6 unspecified atom stereocenters. The molecule has 1 aliphatic heterocycles. The van der Waals surface area contributed by atoms with Gasteiger partial charge in [-0.15, -0.1) is 0 Å². The number of phenolic OH excluding ortho intramolecular Hbond substituents is 1. The number of hydrogen-bond donors (Lipinski definition) is 4. The standard InChI is InChI=1S/C27H29NO8/c1-11-5-14(34-4)6-13-7-16-22(24(31)20(11)13)25(32)21-17(23(16)30)8-15(9-18(21)29)36-19-10-27(3,28)26(33)12(2)35-19/h5-9,12,16,19,22,26,29,31,33H,10,28H2,1-4H3. The van der Waals surface area contributed by atoms with Gasteiger partial charge in [0, 0.05) is 28.8 Å². The van der Waals surface area contributed by atoms with Gasteiger partial charge in [0.15, 0.2) is 11.6 Å². The number of hydrogen-bond acceptors (Lipinski definition) is 9. The SMILES string of the molecule is COc1cc(C)c2c(c1)=CC1C(=O)c3cc(OC4CC(C)(N)C(O)C(C)O4)cc(O)c3C(=O)C1C=2O. The Hall–Kier alpha value is -3.40. The maximum absolute atomic E-state index is 13.6. The molecule has 0 saturated carbocycles. The maximum atomic E-state index is 13.6. The molecule has 9 nitrogen and oxygen atoms in total. The molecule has 5 rings (SSSR count). The zero-order valence-electron chi connectivity index (χ0n) is 20.4. The zero-order valence-corrected chi connectivity index (χ0v) is 20.4. The van der Waals surface area contributed by atoms with Crippen molar-refractivity contribution in [1.29, 1.82) is 0 Å². The van der Waals surface area contributed by atoms with Crippen LogP contribution in [-0.2, 0) is 4.74 Å². The molecule has 0 bridgehead atoms. The van der Waals surface area contributed by atoms with Gasteiger partial charge in [-0.05, 0) is 49.8 Å². The first-order valence-corrected chi connectivity index (χ1v) is 11.8. The van der Waals surface area contributed by atoms with Crippen LogP contribution in [0.3, 0.4) is 0 Å². The molecule has 2 aromatic rings. The van der Waals surface area contributed by atoms with E-state index in [2.05, 4.69) is 0 Å². The molecule has 0 amide bonds. The lowest BCUT2D eigenvalue weighted by molar-refractivity contribution is -0.204. The maximum Gasteiger partial charge on any atom is 0.202 e. The van der Waals surface area contributed by atoms with Crippen LogP contribution < -0.4 is 25.6 Å². The van der Waals surface area contributed by atoms with E-state index in [9.17, 15) is 24.9 Å². The highest BCUT2D eigenvalue weighted by molar-refractivity contribution is 6.21. The molecule has 0 radical (unpaired) electrons.